The molecule has 1 saturated carbocycles. The number of carbonyl (C=O) groups is 2. The van der Waals surface area contributed by atoms with Crippen LogP contribution in [0, 0.1) is 5.92 Å². The molecule has 1 aliphatic carbocycles. The van der Waals surface area contributed by atoms with Crippen LogP contribution < -0.4 is 5.32 Å². The smallest absolute Gasteiger partial charge is 0.406 e. The molecule has 0 aromatic rings. The molecule has 6 nitrogen and oxygen atoms in total. The molecule has 2 amide bonds. The van der Waals surface area contributed by atoms with E-state index in [0.717, 1.165) is 0 Å². The number of hydrogen-bond donors (Lipinski definition) is 3. The number of carboxylic acids is 1. The van der Waals surface area contributed by atoms with Gasteiger partial charge in [0.25, 0.3) is 0 Å². The third kappa shape index (κ3) is 4.26. The zero-order chi connectivity index (χ0) is 15.6. The first-order chi connectivity index (χ1) is 9.10. The lowest BCUT2D eigenvalue weighted by atomic mass is 9.96. The largest absolute Gasteiger partial charge is 0.480 e. The summed E-state index contributed by atoms with van der Waals surface area (Å²) in [4.78, 5) is 23.4. The molecule has 0 bridgehead atoms. The van der Waals surface area contributed by atoms with Crippen LogP contribution >= 0.6 is 0 Å². The van der Waals surface area contributed by atoms with Crippen LogP contribution in [0.15, 0.2) is 0 Å². The lowest BCUT2D eigenvalue weighted by Gasteiger charge is -2.31. The standard InChI is InChI=1S/C11H17F3N2O4/c1-10(8(18)19,7-2-3-7)15-9(20)16(4-5-17)6-11(12,13)14/h7,17H,2-6H2,1H3,(H,15,20)(H,18,19). The molecule has 0 saturated heterocycles. The fraction of sp³-hybridized carbons (Fsp3) is 0.818. The van der Waals surface area contributed by atoms with Gasteiger partial charge in [-0.3, -0.25) is 0 Å². The number of alkyl halides is 3. The van der Waals surface area contributed by atoms with Crippen molar-refractivity contribution in [2.24, 2.45) is 5.92 Å². The summed E-state index contributed by atoms with van der Waals surface area (Å²) < 4.78 is 37.0. The van der Waals surface area contributed by atoms with E-state index in [0.29, 0.717) is 17.7 Å². The van der Waals surface area contributed by atoms with E-state index < -0.39 is 43.4 Å². The third-order valence-corrected chi connectivity index (χ3v) is 3.23. The second-order valence-corrected chi connectivity index (χ2v) is 4.97. The number of aliphatic carboxylic acids is 1. The van der Waals surface area contributed by atoms with Crippen molar-refractivity contribution in [1.82, 2.24) is 10.2 Å². The molecular formula is C11H17F3N2O4. The molecule has 0 radical (unpaired) electrons. The van der Waals surface area contributed by atoms with E-state index in [1.807, 2.05) is 0 Å². The Morgan fingerprint density at radius 3 is 2.25 bits per heavy atom. The zero-order valence-electron chi connectivity index (χ0n) is 10.9. The molecule has 1 unspecified atom stereocenters. The number of amides is 2. The molecule has 1 fully saturated rings. The highest BCUT2D eigenvalue weighted by molar-refractivity contribution is 5.86. The minimum absolute atomic E-state index is 0.286. The molecule has 0 heterocycles. The summed E-state index contributed by atoms with van der Waals surface area (Å²) in [7, 11) is 0. The maximum absolute atomic E-state index is 12.3. The molecule has 0 spiro atoms. The molecule has 0 aliphatic heterocycles. The van der Waals surface area contributed by atoms with Crippen LogP contribution in [0.3, 0.4) is 0 Å². The number of nitrogens with zero attached hydrogens (tertiary/aromatic N) is 1. The fourth-order valence-corrected chi connectivity index (χ4v) is 1.88. The van der Waals surface area contributed by atoms with Crippen LogP contribution in [-0.2, 0) is 4.79 Å². The molecule has 1 aliphatic rings. The van der Waals surface area contributed by atoms with E-state index >= 15 is 0 Å². The Morgan fingerprint density at radius 1 is 1.35 bits per heavy atom. The summed E-state index contributed by atoms with van der Waals surface area (Å²) in [5, 5.41) is 20.0. The molecule has 116 valence electrons. The van der Waals surface area contributed by atoms with E-state index in [1.165, 1.54) is 6.92 Å². The van der Waals surface area contributed by atoms with Gasteiger partial charge in [-0.25, -0.2) is 9.59 Å². The van der Waals surface area contributed by atoms with Crippen molar-refractivity contribution >= 4 is 12.0 Å². The van der Waals surface area contributed by atoms with E-state index in [9.17, 15) is 22.8 Å². The number of aliphatic hydroxyl groups is 1. The number of hydrogen-bond acceptors (Lipinski definition) is 3. The van der Waals surface area contributed by atoms with Gasteiger partial charge in [0.1, 0.15) is 12.1 Å². The van der Waals surface area contributed by atoms with E-state index in [2.05, 4.69) is 5.32 Å². The van der Waals surface area contributed by atoms with Gasteiger partial charge in [-0.05, 0) is 25.7 Å². The number of aliphatic hydroxyl groups excluding tert-OH is 1. The average molecular weight is 298 g/mol. The predicted octanol–water partition coefficient (Wildman–Crippen LogP) is 0.806. The number of rotatable bonds is 6. The third-order valence-electron chi connectivity index (χ3n) is 3.23. The highest BCUT2D eigenvalue weighted by Gasteiger charge is 2.49. The van der Waals surface area contributed by atoms with Crippen molar-refractivity contribution in [2.45, 2.75) is 31.5 Å². The minimum atomic E-state index is -4.62. The second kappa shape index (κ2) is 5.86. The molecule has 0 aromatic carbocycles. The van der Waals surface area contributed by atoms with Crippen molar-refractivity contribution < 1.29 is 33.0 Å². The fourth-order valence-electron chi connectivity index (χ4n) is 1.88. The molecule has 0 aromatic heterocycles. The minimum Gasteiger partial charge on any atom is -0.480 e. The van der Waals surface area contributed by atoms with E-state index in [1.54, 1.807) is 0 Å². The van der Waals surface area contributed by atoms with Crippen LogP contribution in [0.1, 0.15) is 19.8 Å². The van der Waals surface area contributed by atoms with Gasteiger partial charge in [-0.2, -0.15) is 13.2 Å². The molecule has 1 atom stereocenters. The lowest BCUT2D eigenvalue weighted by Crippen LogP contribution is -2.58. The van der Waals surface area contributed by atoms with Gasteiger partial charge in [0.2, 0.25) is 0 Å². The Labute approximate surface area is 113 Å². The van der Waals surface area contributed by atoms with Crippen LogP contribution in [0.25, 0.3) is 0 Å². The second-order valence-electron chi connectivity index (χ2n) is 4.97. The Hall–Kier alpha value is -1.51. The van der Waals surface area contributed by atoms with Crippen LogP contribution in [0.4, 0.5) is 18.0 Å². The summed E-state index contributed by atoms with van der Waals surface area (Å²) in [6, 6.07) is -1.15. The van der Waals surface area contributed by atoms with Gasteiger partial charge in [-0.15, -0.1) is 0 Å². The molecular weight excluding hydrogens is 281 g/mol. The van der Waals surface area contributed by atoms with Crippen molar-refractivity contribution in [2.75, 3.05) is 19.7 Å². The summed E-state index contributed by atoms with van der Waals surface area (Å²) in [5.74, 6) is -1.57. The van der Waals surface area contributed by atoms with Crippen molar-refractivity contribution in [1.29, 1.82) is 0 Å². The zero-order valence-corrected chi connectivity index (χ0v) is 10.9. The van der Waals surface area contributed by atoms with E-state index in [4.69, 9.17) is 10.2 Å². The molecule has 9 heteroatoms. The Balaban J connectivity index is 2.76. The summed E-state index contributed by atoms with van der Waals surface area (Å²) in [6.45, 7) is -1.43. The highest BCUT2D eigenvalue weighted by atomic mass is 19.4. The van der Waals surface area contributed by atoms with Gasteiger partial charge in [-0.1, -0.05) is 0 Å². The number of carbonyl (C=O) groups excluding carboxylic acids is 1. The highest BCUT2D eigenvalue weighted by Crippen LogP contribution is 2.39. The quantitative estimate of drug-likeness (QED) is 0.677. The lowest BCUT2D eigenvalue weighted by molar-refractivity contribution is -0.145. The van der Waals surface area contributed by atoms with Gasteiger partial charge in [0.05, 0.1) is 6.61 Å². The van der Waals surface area contributed by atoms with Gasteiger partial charge in [0.15, 0.2) is 0 Å². The van der Waals surface area contributed by atoms with E-state index in [-0.39, 0.29) is 5.92 Å². The SMILES string of the molecule is CC(NC(=O)N(CCO)CC(F)(F)F)(C(=O)O)C1CC1. The normalized spacial score (nSPS) is 18.2. The Kier molecular flexibility index (Phi) is 4.85. The Bertz CT molecular complexity index is 384. The molecule has 3 N–H and O–H groups in total. The first kappa shape index (κ1) is 16.5. The van der Waals surface area contributed by atoms with Gasteiger partial charge in [0, 0.05) is 6.54 Å². The van der Waals surface area contributed by atoms with Crippen molar-refractivity contribution in [3.63, 3.8) is 0 Å². The maximum atomic E-state index is 12.3. The Morgan fingerprint density at radius 2 is 1.90 bits per heavy atom. The maximum Gasteiger partial charge on any atom is 0.406 e. The predicted molar refractivity (Wildman–Crippen MR) is 62.0 cm³/mol. The number of carboxylic acid groups (broad SMARTS) is 1. The van der Waals surface area contributed by atoms with Gasteiger partial charge < -0.3 is 20.4 Å². The summed E-state index contributed by atoms with van der Waals surface area (Å²) >= 11 is 0. The van der Waals surface area contributed by atoms with Crippen molar-refractivity contribution in [3.05, 3.63) is 0 Å². The van der Waals surface area contributed by atoms with Gasteiger partial charge >= 0.3 is 18.2 Å². The van der Waals surface area contributed by atoms with Crippen LogP contribution in [0.5, 0.6) is 0 Å². The topological polar surface area (TPSA) is 89.9 Å². The molecule has 1 rings (SSSR count). The number of nitrogens with one attached hydrogen (secondary N) is 1. The summed E-state index contributed by atoms with van der Waals surface area (Å²) in [6.07, 6.45) is -3.42. The van der Waals surface area contributed by atoms with Crippen molar-refractivity contribution in [3.8, 4) is 0 Å². The first-order valence-electron chi connectivity index (χ1n) is 6.08. The first-order valence-corrected chi connectivity index (χ1v) is 6.08. The van der Waals surface area contributed by atoms with Crippen LogP contribution in [-0.4, -0.2) is 58.5 Å². The summed E-state index contributed by atoms with van der Waals surface area (Å²) in [5.41, 5.74) is -1.59. The average Bonchev–Trinajstić information content (AvgIpc) is 3.10. The molecule has 20 heavy (non-hydrogen) atoms. The number of urea groups is 1. The van der Waals surface area contributed by atoms with Crippen LogP contribution in [0.2, 0.25) is 0 Å². The monoisotopic (exact) mass is 298 g/mol. The number of halogens is 3.